The number of furan rings is 1. The molecule has 12 rings (SSSR count). The first-order valence-electron chi connectivity index (χ1n) is 20.1. The Hall–Kier alpha value is -7.82. The summed E-state index contributed by atoms with van der Waals surface area (Å²) in [6.07, 6.45) is -0.460. The number of hydrogen-bond donors (Lipinski definition) is 1. The van der Waals surface area contributed by atoms with Crippen LogP contribution >= 0.6 is 0 Å². The fourth-order valence-electron chi connectivity index (χ4n) is 8.97. The minimum Gasteiger partial charge on any atom is -0.456 e. The van der Waals surface area contributed by atoms with Crippen LogP contribution in [0.4, 0.5) is 0 Å². The number of fused-ring (bicyclic) bond motifs is 10. The van der Waals surface area contributed by atoms with Crippen molar-refractivity contribution < 1.29 is 4.42 Å². The van der Waals surface area contributed by atoms with Gasteiger partial charge in [-0.15, -0.1) is 0 Å². The van der Waals surface area contributed by atoms with Gasteiger partial charge in [0.2, 0.25) is 0 Å². The average molecular weight is 754 g/mol. The van der Waals surface area contributed by atoms with Crippen LogP contribution in [0.5, 0.6) is 0 Å². The maximum atomic E-state index is 6.84. The number of hydrogen-bond acceptors (Lipinski definition) is 4. The lowest BCUT2D eigenvalue weighted by atomic mass is 9.91. The quantitative estimate of drug-likeness (QED) is 0.178. The summed E-state index contributed by atoms with van der Waals surface area (Å²) in [5, 5.41) is 15.8. The smallest absolute Gasteiger partial charge is 0.159 e. The van der Waals surface area contributed by atoms with Crippen LogP contribution in [0, 0.1) is 0 Å². The highest BCUT2D eigenvalue weighted by Gasteiger charge is 2.26. The van der Waals surface area contributed by atoms with Crippen LogP contribution in [-0.4, -0.2) is 11.7 Å². The normalized spacial score (nSPS) is 14.3. The zero-order valence-corrected chi connectivity index (χ0v) is 31.9. The summed E-state index contributed by atoms with van der Waals surface area (Å²) in [5.41, 5.74) is 9.14. The molecule has 0 saturated heterocycles. The zero-order valence-electron chi connectivity index (χ0n) is 31.9. The van der Waals surface area contributed by atoms with E-state index in [0.717, 1.165) is 61.0 Å². The third-order valence-electron chi connectivity index (χ3n) is 11.9. The minimum atomic E-state index is -0.460. The first-order chi connectivity index (χ1) is 29.2. The average Bonchev–Trinajstić information content (AvgIpc) is 3.68. The van der Waals surface area contributed by atoms with Crippen LogP contribution in [0.1, 0.15) is 22.9 Å². The summed E-state index contributed by atoms with van der Waals surface area (Å²) >= 11 is 0. The number of rotatable bonds is 5. The lowest BCUT2D eigenvalue weighted by Crippen LogP contribution is -2.33. The predicted octanol–water partition coefficient (Wildman–Crippen LogP) is 14.0. The van der Waals surface area contributed by atoms with E-state index in [0.29, 0.717) is 5.84 Å². The van der Waals surface area contributed by atoms with Gasteiger partial charge < -0.3 is 9.73 Å². The van der Waals surface area contributed by atoms with E-state index in [1.54, 1.807) is 0 Å². The maximum Gasteiger partial charge on any atom is 0.159 e. The van der Waals surface area contributed by atoms with Gasteiger partial charge in [0.05, 0.1) is 0 Å². The van der Waals surface area contributed by atoms with Crippen molar-refractivity contribution in [1.29, 1.82) is 0 Å². The molecule has 4 heteroatoms. The third kappa shape index (κ3) is 5.60. The predicted molar refractivity (Wildman–Crippen MR) is 246 cm³/mol. The van der Waals surface area contributed by atoms with Gasteiger partial charge in [-0.2, -0.15) is 0 Å². The molecule has 0 bridgehead atoms. The van der Waals surface area contributed by atoms with Gasteiger partial charge in [0.1, 0.15) is 17.0 Å². The number of nitrogens with zero attached hydrogens (tertiary/aromatic N) is 2. The number of amidine groups is 2. The van der Waals surface area contributed by atoms with Gasteiger partial charge in [0.15, 0.2) is 12.0 Å². The van der Waals surface area contributed by atoms with Gasteiger partial charge in [-0.1, -0.05) is 170 Å². The molecule has 0 saturated carbocycles. The summed E-state index contributed by atoms with van der Waals surface area (Å²) in [4.78, 5) is 10.3. The van der Waals surface area contributed by atoms with Gasteiger partial charge in [-0.25, -0.2) is 9.98 Å². The Morgan fingerprint density at radius 3 is 1.58 bits per heavy atom. The number of aliphatic imine (C=N–C) groups is 2. The number of benzene rings is 10. The molecule has 0 amide bonds. The topological polar surface area (TPSA) is 49.9 Å². The van der Waals surface area contributed by atoms with Crippen molar-refractivity contribution in [3.05, 3.63) is 217 Å². The van der Waals surface area contributed by atoms with Crippen LogP contribution in [0.15, 0.2) is 215 Å². The fourth-order valence-corrected chi connectivity index (χ4v) is 8.97. The molecule has 59 heavy (non-hydrogen) atoms. The molecule has 0 spiro atoms. The number of nitrogens with one attached hydrogen (secondary N) is 1. The van der Waals surface area contributed by atoms with Crippen LogP contribution < -0.4 is 5.32 Å². The minimum absolute atomic E-state index is 0.460. The van der Waals surface area contributed by atoms with Crippen LogP contribution in [0.3, 0.4) is 0 Å². The van der Waals surface area contributed by atoms with Crippen molar-refractivity contribution in [3.8, 4) is 22.3 Å². The monoisotopic (exact) mass is 753 g/mol. The molecule has 1 aromatic heterocycles. The SMILES string of the molecule is c1ccc(C2=NC(c3cc(-c4ccc(-c5ccc6c7ccccc7c7ccccc7c6c5)cc4)cc4c3oc3cc5ccccc5cc34)NC(c3ccccc3)=N2)cc1. The molecule has 10 aromatic carbocycles. The van der Waals surface area contributed by atoms with Crippen molar-refractivity contribution in [3.63, 3.8) is 0 Å². The first kappa shape index (κ1) is 33.3. The largest absolute Gasteiger partial charge is 0.456 e. The standard InChI is InChI=1S/C55H35N3O/c1-3-13-36(14-4-1)53-56-54(37-15-5-2-6-16-37)58-55(57-53)50-32-41(31-49-48-30-38-17-7-8-18-39(38)33-51(48)59-52(49)50)35-25-23-34(24-26-35)40-27-28-46-44-21-10-9-19-42(44)43-20-11-12-22-45(43)47(46)29-40/h1-33,55H,(H,56,57,58). The molecule has 11 aromatic rings. The van der Waals surface area contributed by atoms with Gasteiger partial charge in [0, 0.05) is 27.5 Å². The Morgan fingerprint density at radius 1 is 0.373 bits per heavy atom. The van der Waals surface area contributed by atoms with E-state index < -0.39 is 6.17 Å². The van der Waals surface area contributed by atoms with Crippen LogP contribution in [0.2, 0.25) is 0 Å². The molecule has 1 aliphatic rings. The molecule has 0 aliphatic carbocycles. The molecule has 4 nitrogen and oxygen atoms in total. The molecule has 1 unspecified atom stereocenters. The van der Waals surface area contributed by atoms with Crippen LogP contribution in [-0.2, 0) is 0 Å². The van der Waals surface area contributed by atoms with Crippen molar-refractivity contribution in [1.82, 2.24) is 5.32 Å². The molecule has 2 heterocycles. The molecule has 0 radical (unpaired) electrons. The molecular weight excluding hydrogens is 719 g/mol. The summed E-state index contributed by atoms with van der Waals surface area (Å²) in [7, 11) is 0. The van der Waals surface area contributed by atoms with Gasteiger partial charge in [-0.3, -0.25) is 0 Å². The lowest BCUT2D eigenvalue weighted by Gasteiger charge is -2.24. The molecule has 1 N–H and O–H groups in total. The second-order valence-electron chi connectivity index (χ2n) is 15.4. The Kier molecular flexibility index (Phi) is 7.57. The van der Waals surface area contributed by atoms with Crippen molar-refractivity contribution in [2.24, 2.45) is 9.98 Å². The second-order valence-corrected chi connectivity index (χ2v) is 15.4. The Morgan fingerprint density at radius 2 is 0.898 bits per heavy atom. The summed E-state index contributed by atoms with van der Waals surface area (Å²) < 4.78 is 6.84. The van der Waals surface area contributed by atoms with E-state index in [9.17, 15) is 0 Å². The second kappa shape index (κ2) is 13.4. The highest BCUT2D eigenvalue weighted by Crippen LogP contribution is 2.41. The van der Waals surface area contributed by atoms with E-state index in [1.165, 1.54) is 48.8 Å². The molecule has 1 aliphatic heterocycles. The third-order valence-corrected chi connectivity index (χ3v) is 11.9. The van der Waals surface area contributed by atoms with E-state index in [4.69, 9.17) is 14.4 Å². The highest BCUT2D eigenvalue weighted by molar-refractivity contribution is 6.26. The van der Waals surface area contributed by atoms with E-state index in [2.05, 4.69) is 169 Å². The summed E-state index contributed by atoms with van der Waals surface area (Å²) in [5.74, 6) is 1.44. The molecule has 0 fully saturated rings. The van der Waals surface area contributed by atoms with E-state index >= 15 is 0 Å². The fraction of sp³-hybridized carbons (Fsp3) is 0.0182. The molecule has 276 valence electrons. The first-order valence-corrected chi connectivity index (χ1v) is 20.1. The molecular formula is C55H35N3O. The summed E-state index contributed by atoms with van der Waals surface area (Å²) in [6.45, 7) is 0. The zero-order chi connectivity index (χ0) is 38.9. The highest BCUT2D eigenvalue weighted by atomic mass is 16.3. The van der Waals surface area contributed by atoms with E-state index in [1.807, 2.05) is 36.4 Å². The van der Waals surface area contributed by atoms with Gasteiger partial charge in [-0.05, 0) is 95.7 Å². The van der Waals surface area contributed by atoms with Crippen molar-refractivity contribution >= 4 is 76.7 Å². The van der Waals surface area contributed by atoms with Crippen molar-refractivity contribution in [2.45, 2.75) is 6.17 Å². The Bertz CT molecular complexity index is 3480. The Balaban J connectivity index is 1.02. The maximum absolute atomic E-state index is 6.84. The van der Waals surface area contributed by atoms with Crippen molar-refractivity contribution in [2.75, 3.05) is 0 Å². The van der Waals surface area contributed by atoms with Gasteiger partial charge >= 0.3 is 0 Å². The lowest BCUT2D eigenvalue weighted by molar-refractivity contribution is 0.629. The van der Waals surface area contributed by atoms with Crippen LogP contribution in [0.25, 0.3) is 87.3 Å². The van der Waals surface area contributed by atoms with Gasteiger partial charge in [0.25, 0.3) is 0 Å². The Labute approximate surface area is 340 Å². The molecule has 1 atom stereocenters. The van der Waals surface area contributed by atoms with E-state index in [-0.39, 0.29) is 0 Å². The summed E-state index contributed by atoms with van der Waals surface area (Å²) in [6, 6.07) is 71.2.